The quantitative estimate of drug-likeness (QED) is 0.846. The van der Waals surface area contributed by atoms with Crippen molar-refractivity contribution in [1.29, 1.82) is 0 Å². The molecule has 0 aliphatic heterocycles. The van der Waals surface area contributed by atoms with E-state index in [1.165, 1.54) is 31.2 Å². The number of carbonyl (C=O) groups is 1. The van der Waals surface area contributed by atoms with E-state index < -0.39 is 10.0 Å². The Morgan fingerprint density at radius 2 is 2.04 bits per heavy atom. The van der Waals surface area contributed by atoms with Gasteiger partial charge in [0.25, 0.3) is 0 Å². The van der Waals surface area contributed by atoms with Crippen molar-refractivity contribution < 1.29 is 13.2 Å². The van der Waals surface area contributed by atoms with Gasteiger partial charge >= 0.3 is 0 Å². The highest BCUT2D eigenvalue weighted by Gasteiger charge is 2.19. The number of carbonyl (C=O) groups excluding carboxylic acids is 1. The van der Waals surface area contributed by atoms with Crippen LogP contribution < -0.4 is 5.32 Å². The molecule has 3 rings (SSSR count). The molecule has 8 heteroatoms. The summed E-state index contributed by atoms with van der Waals surface area (Å²) in [6, 6.07) is 5.22. The molecule has 1 aliphatic rings. The summed E-state index contributed by atoms with van der Waals surface area (Å²) in [6.07, 6.45) is 6.57. The van der Waals surface area contributed by atoms with E-state index in [4.69, 9.17) is 0 Å². The second-order valence-corrected chi connectivity index (χ2v) is 8.83. The summed E-state index contributed by atoms with van der Waals surface area (Å²) in [6.45, 7) is 0.523. The van der Waals surface area contributed by atoms with Gasteiger partial charge in [-0.05, 0) is 31.0 Å². The SMILES string of the molecule is CN(C)S(=O)(=O)c1ccc2c(c1)ncn2CCC(=O)NC1CCCC1. The molecule has 1 aromatic heterocycles. The van der Waals surface area contributed by atoms with Gasteiger partial charge in [-0.2, -0.15) is 0 Å². The first kappa shape index (κ1) is 17.9. The minimum Gasteiger partial charge on any atom is -0.353 e. The van der Waals surface area contributed by atoms with Gasteiger partial charge in [0.2, 0.25) is 15.9 Å². The van der Waals surface area contributed by atoms with E-state index in [9.17, 15) is 13.2 Å². The zero-order valence-electron chi connectivity index (χ0n) is 14.6. The summed E-state index contributed by atoms with van der Waals surface area (Å²) in [7, 11) is -0.476. The Morgan fingerprint density at radius 1 is 1.32 bits per heavy atom. The van der Waals surface area contributed by atoms with E-state index >= 15 is 0 Å². The molecule has 1 N–H and O–H groups in total. The van der Waals surface area contributed by atoms with Crippen molar-refractivity contribution in [3.63, 3.8) is 0 Å². The van der Waals surface area contributed by atoms with E-state index in [0.29, 0.717) is 24.5 Å². The summed E-state index contributed by atoms with van der Waals surface area (Å²) >= 11 is 0. The smallest absolute Gasteiger partial charge is 0.242 e. The third kappa shape index (κ3) is 3.85. The molecule has 7 nitrogen and oxygen atoms in total. The van der Waals surface area contributed by atoms with Gasteiger partial charge in [-0.15, -0.1) is 0 Å². The molecule has 1 aliphatic carbocycles. The monoisotopic (exact) mass is 364 g/mol. The molecule has 2 aromatic rings. The number of nitrogens with zero attached hydrogens (tertiary/aromatic N) is 3. The van der Waals surface area contributed by atoms with Gasteiger partial charge in [-0.1, -0.05) is 12.8 Å². The van der Waals surface area contributed by atoms with Gasteiger partial charge in [0, 0.05) is 33.1 Å². The molecule has 1 saturated carbocycles. The molecular formula is C17H24N4O3S. The molecular weight excluding hydrogens is 340 g/mol. The lowest BCUT2D eigenvalue weighted by Gasteiger charge is -2.12. The van der Waals surface area contributed by atoms with Crippen LogP contribution in [0.2, 0.25) is 0 Å². The average Bonchev–Trinajstić information content (AvgIpc) is 3.21. The van der Waals surface area contributed by atoms with E-state index in [0.717, 1.165) is 18.4 Å². The number of imidazole rings is 1. The Kier molecular flexibility index (Phi) is 5.10. The maximum absolute atomic E-state index is 12.2. The second kappa shape index (κ2) is 7.13. The molecule has 1 fully saturated rings. The maximum Gasteiger partial charge on any atom is 0.242 e. The van der Waals surface area contributed by atoms with Crippen molar-refractivity contribution in [2.24, 2.45) is 0 Å². The Morgan fingerprint density at radius 3 is 2.72 bits per heavy atom. The van der Waals surface area contributed by atoms with Crippen molar-refractivity contribution in [3.8, 4) is 0 Å². The topological polar surface area (TPSA) is 84.3 Å². The third-order valence-corrected chi connectivity index (χ3v) is 6.48. The predicted octanol–water partition coefficient (Wildman–Crippen LogP) is 1.74. The van der Waals surface area contributed by atoms with Crippen LogP contribution in [0.5, 0.6) is 0 Å². The Bertz CT molecular complexity index is 867. The molecule has 0 atom stereocenters. The number of fused-ring (bicyclic) bond motifs is 1. The minimum atomic E-state index is -3.48. The average molecular weight is 364 g/mol. The molecule has 25 heavy (non-hydrogen) atoms. The Labute approximate surface area is 148 Å². The highest BCUT2D eigenvalue weighted by molar-refractivity contribution is 7.89. The molecule has 0 spiro atoms. The molecule has 1 heterocycles. The normalized spacial score (nSPS) is 16.0. The number of benzene rings is 1. The first-order chi connectivity index (χ1) is 11.9. The number of rotatable bonds is 6. The van der Waals surface area contributed by atoms with Gasteiger partial charge in [-0.25, -0.2) is 17.7 Å². The van der Waals surface area contributed by atoms with Crippen LogP contribution in [-0.4, -0.2) is 48.3 Å². The first-order valence-corrected chi connectivity index (χ1v) is 9.99. The van der Waals surface area contributed by atoms with Crippen molar-refractivity contribution in [3.05, 3.63) is 24.5 Å². The van der Waals surface area contributed by atoms with E-state index in [1.54, 1.807) is 24.5 Å². The van der Waals surface area contributed by atoms with Crippen LogP contribution in [0.3, 0.4) is 0 Å². The zero-order chi connectivity index (χ0) is 18.0. The van der Waals surface area contributed by atoms with E-state index in [2.05, 4.69) is 10.3 Å². The van der Waals surface area contributed by atoms with Crippen LogP contribution in [0.15, 0.2) is 29.4 Å². The summed E-state index contributed by atoms with van der Waals surface area (Å²) in [5.41, 5.74) is 1.44. The number of hydrogen-bond acceptors (Lipinski definition) is 4. The molecule has 1 amide bonds. The van der Waals surface area contributed by atoms with Crippen LogP contribution in [0, 0.1) is 0 Å². The fourth-order valence-corrected chi connectivity index (χ4v) is 4.11. The highest BCUT2D eigenvalue weighted by Crippen LogP contribution is 2.21. The van der Waals surface area contributed by atoms with Crippen molar-refractivity contribution in [2.45, 2.75) is 49.6 Å². The van der Waals surface area contributed by atoms with Gasteiger partial charge in [0.15, 0.2) is 0 Å². The molecule has 0 unspecified atom stereocenters. The minimum absolute atomic E-state index is 0.0561. The largest absolute Gasteiger partial charge is 0.353 e. The maximum atomic E-state index is 12.2. The lowest BCUT2D eigenvalue weighted by atomic mass is 10.2. The predicted molar refractivity (Wildman–Crippen MR) is 95.6 cm³/mol. The highest BCUT2D eigenvalue weighted by atomic mass is 32.2. The number of hydrogen-bond donors (Lipinski definition) is 1. The summed E-state index contributed by atoms with van der Waals surface area (Å²) in [5.74, 6) is 0.0561. The summed E-state index contributed by atoms with van der Waals surface area (Å²) < 4.78 is 27.5. The number of aryl methyl sites for hydroxylation is 1. The van der Waals surface area contributed by atoms with Gasteiger partial charge in [-0.3, -0.25) is 4.79 Å². The van der Waals surface area contributed by atoms with Crippen LogP contribution in [-0.2, 0) is 21.4 Å². The Balaban J connectivity index is 1.70. The van der Waals surface area contributed by atoms with Crippen molar-refractivity contribution in [2.75, 3.05) is 14.1 Å². The molecule has 136 valence electrons. The van der Waals surface area contributed by atoms with E-state index in [1.807, 2.05) is 4.57 Å². The van der Waals surface area contributed by atoms with Crippen LogP contribution in [0.4, 0.5) is 0 Å². The molecule has 1 aromatic carbocycles. The third-order valence-electron chi connectivity index (χ3n) is 4.67. The first-order valence-electron chi connectivity index (χ1n) is 8.55. The summed E-state index contributed by atoms with van der Waals surface area (Å²) in [5, 5.41) is 3.07. The van der Waals surface area contributed by atoms with Crippen LogP contribution >= 0.6 is 0 Å². The van der Waals surface area contributed by atoms with Gasteiger partial charge in [0.05, 0.1) is 22.3 Å². The molecule has 0 radical (unpaired) electrons. The summed E-state index contributed by atoms with van der Waals surface area (Å²) in [4.78, 5) is 16.6. The fraction of sp³-hybridized carbons (Fsp3) is 0.529. The van der Waals surface area contributed by atoms with Crippen molar-refractivity contribution in [1.82, 2.24) is 19.2 Å². The lowest BCUT2D eigenvalue weighted by molar-refractivity contribution is -0.121. The second-order valence-electron chi connectivity index (χ2n) is 6.67. The molecule has 0 saturated heterocycles. The Hall–Kier alpha value is -1.93. The van der Waals surface area contributed by atoms with Gasteiger partial charge in [0.1, 0.15) is 0 Å². The standard InChI is InChI=1S/C17H24N4O3S/c1-20(2)25(23,24)14-7-8-16-15(11-14)18-12-21(16)10-9-17(22)19-13-5-3-4-6-13/h7-8,11-13H,3-6,9-10H2,1-2H3,(H,19,22). The lowest BCUT2D eigenvalue weighted by Crippen LogP contribution is -2.33. The molecule has 0 bridgehead atoms. The van der Waals surface area contributed by atoms with Gasteiger partial charge < -0.3 is 9.88 Å². The number of amides is 1. The van der Waals surface area contributed by atoms with Crippen molar-refractivity contribution >= 4 is 27.0 Å². The van der Waals surface area contributed by atoms with Crippen LogP contribution in [0.1, 0.15) is 32.1 Å². The zero-order valence-corrected chi connectivity index (χ0v) is 15.4. The number of sulfonamides is 1. The number of aromatic nitrogens is 2. The number of nitrogens with one attached hydrogen (secondary N) is 1. The van der Waals surface area contributed by atoms with E-state index in [-0.39, 0.29) is 10.8 Å². The fourth-order valence-electron chi connectivity index (χ4n) is 3.19. The van der Waals surface area contributed by atoms with Crippen LogP contribution in [0.25, 0.3) is 11.0 Å².